The molecule has 1 fully saturated rings. The minimum Gasteiger partial charge on any atom is -0.398 e. The summed E-state index contributed by atoms with van der Waals surface area (Å²) in [5.41, 5.74) is 7.35. The predicted molar refractivity (Wildman–Crippen MR) is 73.6 cm³/mol. The van der Waals surface area contributed by atoms with Crippen LogP contribution in [0.15, 0.2) is 18.2 Å². The highest BCUT2D eigenvalue weighted by Crippen LogP contribution is 2.24. The summed E-state index contributed by atoms with van der Waals surface area (Å²) in [6.45, 7) is 1.72. The van der Waals surface area contributed by atoms with Gasteiger partial charge in [0.25, 0.3) is 0 Å². The molecule has 0 saturated carbocycles. The Morgan fingerprint density at radius 1 is 1.10 bits per heavy atom. The van der Waals surface area contributed by atoms with Crippen molar-refractivity contribution < 1.29 is 13.2 Å². The number of hydrogen-bond donors (Lipinski definition) is 1. The quantitative estimate of drug-likeness (QED) is 0.871. The van der Waals surface area contributed by atoms with E-state index in [4.69, 9.17) is 17.3 Å². The molecule has 2 N–H and O–H groups in total. The fourth-order valence-corrected chi connectivity index (χ4v) is 2.57. The number of piperazine rings is 1. The van der Waals surface area contributed by atoms with Crippen LogP contribution < -0.4 is 5.73 Å². The van der Waals surface area contributed by atoms with Gasteiger partial charge in [-0.1, -0.05) is 17.7 Å². The van der Waals surface area contributed by atoms with Gasteiger partial charge in [-0.15, -0.1) is 0 Å². The largest absolute Gasteiger partial charge is 0.401 e. The minimum absolute atomic E-state index is 0.407. The molecule has 1 aromatic carbocycles. The highest BCUT2D eigenvalue weighted by Gasteiger charge is 2.32. The zero-order valence-corrected chi connectivity index (χ0v) is 11.7. The van der Waals surface area contributed by atoms with E-state index in [1.54, 1.807) is 18.2 Å². The van der Waals surface area contributed by atoms with E-state index < -0.39 is 12.7 Å². The number of nitrogens with two attached hydrogens (primary N) is 1. The van der Waals surface area contributed by atoms with E-state index in [0.717, 1.165) is 5.56 Å². The van der Waals surface area contributed by atoms with E-state index >= 15 is 0 Å². The van der Waals surface area contributed by atoms with Crippen molar-refractivity contribution in [3.05, 3.63) is 28.8 Å². The normalized spacial score (nSPS) is 18.4. The summed E-state index contributed by atoms with van der Waals surface area (Å²) < 4.78 is 36.9. The van der Waals surface area contributed by atoms with Crippen LogP contribution in [0.4, 0.5) is 18.9 Å². The second kappa shape index (κ2) is 6.20. The zero-order chi connectivity index (χ0) is 14.8. The van der Waals surface area contributed by atoms with Crippen LogP contribution in [0.25, 0.3) is 0 Å². The summed E-state index contributed by atoms with van der Waals surface area (Å²) in [5.74, 6) is 0. The molecule has 0 radical (unpaired) electrons. The Hall–Kier alpha value is -0.980. The molecule has 0 aliphatic carbocycles. The monoisotopic (exact) mass is 307 g/mol. The van der Waals surface area contributed by atoms with Crippen LogP contribution in [0.5, 0.6) is 0 Å². The molecule has 3 nitrogen and oxygen atoms in total. The third-order valence-corrected chi connectivity index (χ3v) is 3.76. The van der Waals surface area contributed by atoms with Crippen LogP contribution in [0.2, 0.25) is 5.02 Å². The molecule has 0 spiro atoms. The molecule has 2 rings (SSSR count). The fourth-order valence-electron chi connectivity index (χ4n) is 2.32. The number of halogens is 4. The van der Waals surface area contributed by atoms with Crippen molar-refractivity contribution in [2.45, 2.75) is 12.7 Å². The number of alkyl halides is 3. The zero-order valence-electron chi connectivity index (χ0n) is 11.0. The Morgan fingerprint density at radius 3 is 2.25 bits per heavy atom. The van der Waals surface area contributed by atoms with Crippen LogP contribution in [-0.2, 0) is 6.54 Å². The number of anilines is 1. The molecule has 1 aliphatic heterocycles. The maximum atomic E-state index is 12.3. The molecular weight excluding hydrogens is 291 g/mol. The minimum atomic E-state index is -4.13. The van der Waals surface area contributed by atoms with Gasteiger partial charge < -0.3 is 5.73 Å². The lowest BCUT2D eigenvalue weighted by Crippen LogP contribution is -2.48. The number of benzene rings is 1. The fraction of sp³-hybridized carbons (Fsp3) is 0.538. The molecule has 112 valence electrons. The van der Waals surface area contributed by atoms with Gasteiger partial charge in [0.05, 0.1) is 6.54 Å². The van der Waals surface area contributed by atoms with Gasteiger partial charge in [0.15, 0.2) is 0 Å². The van der Waals surface area contributed by atoms with Crippen LogP contribution in [0, 0.1) is 0 Å². The van der Waals surface area contributed by atoms with Crippen molar-refractivity contribution in [3.8, 4) is 0 Å². The van der Waals surface area contributed by atoms with Gasteiger partial charge in [0, 0.05) is 49.0 Å². The third-order valence-electron chi connectivity index (χ3n) is 3.40. The molecule has 1 aliphatic rings. The summed E-state index contributed by atoms with van der Waals surface area (Å²) in [7, 11) is 0. The Labute approximate surface area is 121 Å². The number of nitrogens with zero attached hydrogens (tertiary/aromatic N) is 2. The third kappa shape index (κ3) is 4.26. The number of rotatable bonds is 3. The Kier molecular flexibility index (Phi) is 4.78. The Bertz CT molecular complexity index is 436. The maximum absolute atomic E-state index is 12.3. The molecule has 1 aromatic rings. The van der Waals surface area contributed by atoms with Crippen molar-refractivity contribution in [1.82, 2.24) is 9.80 Å². The second-order valence-electron chi connectivity index (χ2n) is 4.98. The predicted octanol–water partition coefficient (Wildman–Crippen LogP) is 2.60. The van der Waals surface area contributed by atoms with Crippen LogP contribution in [0.3, 0.4) is 0 Å². The molecule has 0 bridgehead atoms. The number of hydrogen-bond acceptors (Lipinski definition) is 3. The molecule has 0 atom stereocenters. The van der Waals surface area contributed by atoms with Crippen LogP contribution in [-0.4, -0.2) is 48.7 Å². The van der Waals surface area contributed by atoms with Crippen LogP contribution in [0.1, 0.15) is 5.56 Å². The first-order chi connectivity index (χ1) is 9.35. The average molecular weight is 308 g/mol. The van der Waals surface area contributed by atoms with E-state index in [-0.39, 0.29) is 0 Å². The van der Waals surface area contributed by atoms with Gasteiger partial charge in [0.2, 0.25) is 0 Å². The first-order valence-electron chi connectivity index (χ1n) is 6.39. The highest BCUT2D eigenvalue weighted by atomic mass is 35.5. The maximum Gasteiger partial charge on any atom is 0.401 e. The van der Waals surface area contributed by atoms with Crippen molar-refractivity contribution in [3.63, 3.8) is 0 Å². The summed E-state index contributed by atoms with van der Waals surface area (Å²) in [6.07, 6.45) is -4.13. The number of nitrogen functional groups attached to an aromatic ring is 1. The van der Waals surface area contributed by atoms with E-state index in [1.807, 2.05) is 0 Å². The molecule has 0 unspecified atom stereocenters. The summed E-state index contributed by atoms with van der Waals surface area (Å²) in [6, 6.07) is 5.33. The van der Waals surface area contributed by atoms with Gasteiger partial charge in [-0.2, -0.15) is 13.2 Å². The van der Waals surface area contributed by atoms with Gasteiger partial charge in [-0.3, -0.25) is 9.80 Å². The first-order valence-corrected chi connectivity index (χ1v) is 6.77. The van der Waals surface area contributed by atoms with Gasteiger partial charge in [-0.05, 0) is 12.1 Å². The van der Waals surface area contributed by atoms with E-state index in [9.17, 15) is 13.2 Å². The highest BCUT2D eigenvalue weighted by molar-refractivity contribution is 6.31. The second-order valence-corrected chi connectivity index (χ2v) is 5.38. The van der Waals surface area contributed by atoms with E-state index in [2.05, 4.69) is 4.90 Å². The van der Waals surface area contributed by atoms with Gasteiger partial charge in [0.1, 0.15) is 0 Å². The van der Waals surface area contributed by atoms with Gasteiger partial charge >= 0.3 is 6.18 Å². The molecule has 0 amide bonds. The van der Waals surface area contributed by atoms with Crippen molar-refractivity contribution >= 4 is 17.3 Å². The van der Waals surface area contributed by atoms with Crippen molar-refractivity contribution in [2.24, 2.45) is 0 Å². The molecule has 7 heteroatoms. The summed E-state index contributed by atoms with van der Waals surface area (Å²) in [5, 5.41) is 0.600. The molecule has 1 saturated heterocycles. The topological polar surface area (TPSA) is 32.5 Å². The molecule has 0 aromatic heterocycles. The summed E-state index contributed by atoms with van der Waals surface area (Å²) in [4.78, 5) is 3.50. The van der Waals surface area contributed by atoms with Gasteiger partial charge in [-0.25, -0.2) is 0 Å². The standard InChI is InChI=1S/C13H17ClF3N3/c14-11-2-1-3-12(18)10(11)8-19-4-6-20(7-5-19)9-13(15,16)17/h1-3H,4-9,18H2. The molecule has 1 heterocycles. The lowest BCUT2D eigenvalue weighted by atomic mass is 10.1. The summed E-state index contributed by atoms with van der Waals surface area (Å²) >= 11 is 6.10. The van der Waals surface area contributed by atoms with E-state index in [1.165, 1.54) is 4.90 Å². The molecule has 20 heavy (non-hydrogen) atoms. The van der Waals surface area contributed by atoms with Crippen molar-refractivity contribution in [2.75, 3.05) is 38.5 Å². The smallest absolute Gasteiger partial charge is 0.398 e. The lowest BCUT2D eigenvalue weighted by molar-refractivity contribution is -0.149. The Balaban J connectivity index is 1.89. The SMILES string of the molecule is Nc1cccc(Cl)c1CN1CCN(CC(F)(F)F)CC1. The van der Waals surface area contributed by atoms with E-state index in [0.29, 0.717) is 43.4 Å². The average Bonchev–Trinajstić information content (AvgIpc) is 2.34. The van der Waals surface area contributed by atoms with Crippen LogP contribution >= 0.6 is 11.6 Å². The Morgan fingerprint density at radius 2 is 1.70 bits per heavy atom. The molecular formula is C13H17ClF3N3. The lowest BCUT2D eigenvalue weighted by Gasteiger charge is -2.35. The first kappa shape index (κ1) is 15.4. The van der Waals surface area contributed by atoms with Crippen molar-refractivity contribution in [1.29, 1.82) is 0 Å².